The standard InChI is InChI=1S/C12H19NO2/c1-9(13-2)10-5-6-12(15-4)11(7-10)8-14-3/h5-7,9,13H,8H2,1-4H3. The van der Waals surface area contributed by atoms with Crippen molar-refractivity contribution in [1.29, 1.82) is 0 Å². The van der Waals surface area contributed by atoms with E-state index in [-0.39, 0.29) is 0 Å². The molecular weight excluding hydrogens is 190 g/mol. The van der Waals surface area contributed by atoms with Crippen molar-refractivity contribution < 1.29 is 9.47 Å². The predicted octanol–water partition coefficient (Wildman–Crippen LogP) is 2.12. The average molecular weight is 209 g/mol. The minimum absolute atomic E-state index is 0.339. The molecule has 0 heterocycles. The maximum absolute atomic E-state index is 5.27. The van der Waals surface area contributed by atoms with E-state index in [1.165, 1.54) is 5.56 Å². The molecule has 84 valence electrons. The van der Waals surface area contributed by atoms with Crippen molar-refractivity contribution in [2.75, 3.05) is 21.3 Å². The van der Waals surface area contributed by atoms with Crippen LogP contribution in [0.1, 0.15) is 24.1 Å². The smallest absolute Gasteiger partial charge is 0.124 e. The van der Waals surface area contributed by atoms with Gasteiger partial charge in [0.05, 0.1) is 13.7 Å². The third-order valence-corrected chi connectivity index (χ3v) is 2.54. The van der Waals surface area contributed by atoms with Gasteiger partial charge in [-0.2, -0.15) is 0 Å². The second-order valence-electron chi connectivity index (χ2n) is 3.51. The average Bonchev–Trinajstić information content (AvgIpc) is 2.28. The number of hydrogen-bond acceptors (Lipinski definition) is 3. The van der Waals surface area contributed by atoms with Crippen molar-refractivity contribution >= 4 is 0 Å². The first-order valence-corrected chi connectivity index (χ1v) is 5.06. The van der Waals surface area contributed by atoms with Crippen LogP contribution in [-0.4, -0.2) is 21.3 Å². The van der Waals surface area contributed by atoms with Crippen LogP contribution in [0.2, 0.25) is 0 Å². The highest BCUT2D eigenvalue weighted by Gasteiger charge is 2.07. The first-order chi connectivity index (χ1) is 7.22. The lowest BCUT2D eigenvalue weighted by atomic mass is 10.0. The molecule has 0 aliphatic rings. The molecule has 0 aliphatic carbocycles. The Hall–Kier alpha value is -1.06. The maximum Gasteiger partial charge on any atom is 0.124 e. The molecule has 0 spiro atoms. The van der Waals surface area contributed by atoms with Crippen molar-refractivity contribution in [1.82, 2.24) is 5.32 Å². The van der Waals surface area contributed by atoms with Crippen LogP contribution < -0.4 is 10.1 Å². The number of nitrogens with one attached hydrogen (secondary N) is 1. The second-order valence-corrected chi connectivity index (χ2v) is 3.51. The van der Waals surface area contributed by atoms with Gasteiger partial charge in [-0.15, -0.1) is 0 Å². The van der Waals surface area contributed by atoms with Crippen LogP contribution in [0.15, 0.2) is 18.2 Å². The molecule has 0 saturated carbocycles. The minimum atomic E-state index is 0.339. The first kappa shape index (κ1) is 12.0. The molecule has 0 radical (unpaired) electrons. The summed E-state index contributed by atoms with van der Waals surface area (Å²) in [5.74, 6) is 0.879. The largest absolute Gasteiger partial charge is 0.496 e. The molecule has 1 N–H and O–H groups in total. The molecule has 3 heteroatoms. The summed E-state index contributed by atoms with van der Waals surface area (Å²) in [5.41, 5.74) is 2.32. The van der Waals surface area contributed by atoms with Gasteiger partial charge < -0.3 is 14.8 Å². The zero-order valence-corrected chi connectivity index (χ0v) is 9.83. The fourth-order valence-electron chi connectivity index (χ4n) is 1.50. The Bertz CT molecular complexity index is 312. The van der Waals surface area contributed by atoms with Crippen LogP contribution in [-0.2, 0) is 11.3 Å². The summed E-state index contributed by atoms with van der Waals surface area (Å²) in [6.07, 6.45) is 0. The highest BCUT2D eigenvalue weighted by atomic mass is 16.5. The molecule has 0 saturated heterocycles. The molecule has 1 aromatic rings. The summed E-state index contributed by atoms with van der Waals surface area (Å²) < 4.78 is 10.4. The van der Waals surface area contributed by atoms with E-state index >= 15 is 0 Å². The zero-order valence-electron chi connectivity index (χ0n) is 9.83. The predicted molar refractivity (Wildman–Crippen MR) is 61.2 cm³/mol. The van der Waals surface area contributed by atoms with E-state index in [9.17, 15) is 0 Å². The van der Waals surface area contributed by atoms with Crippen molar-refractivity contribution in [3.8, 4) is 5.75 Å². The lowest BCUT2D eigenvalue weighted by Crippen LogP contribution is -2.12. The van der Waals surface area contributed by atoms with Gasteiger partial charge in [-0.05, 0) is 31.7 Å². The Labute approximate surface area is 91.4 Å². The molecule has 0 aliphatic heterocycles. The Morgan fingerprint density at radius 3 is 2.60 bits per heavy atom. The summed E-state index contributed by atoms with van der Waals surface area (Å²) in [4.78, 5) is 0. The van der Waals surface area contributed by atoms with Gasteiger partial charge in [0, 0.05) is 18.7 Å². The van der Waals surface area contributed by atoms with E-state index in [1.54, 1.807) is 14.2 Å². The summed E-state index contributed by atoms with van der Waals surface area (Å²) in [5, 5.41) is 3.21. The van der Waals surface area contributed by atoms with E-state index < -0.39 is 0 Å². The van der Waals surface area contributed by atoms with Crippen LogP contribution in [0.3, 0.4) is 0 Å². The summed E-state index contributed by atoms with van der Waals surface area (Å²) in [6.45, 7) is 2.70. The van der Waals surface area contributed by atoms with Gasteiger partial charge >= 0.3 is 0 Å². The van der Waals surface area contributed by atoms with Gasteiger partial charge in [-0.1, -0.05) is 6.07 Å². The fraction of sp³-hybridized carbons (Fsp3) is 0.500. The normalized spacial score (nSPS) is 12.5. The molecule has 15 heavy (non-hydrogen) atoms. The number of methoxy groups -OCH3 is 2. The topological polar surface area (TPSA) is 30.5 Å². The molecule has 0 fully saturated rings. The lowest BCUT2D eigenvalue weighted by Gasteiger charge is -2.14. The molecule has 0 amide bonds. The third-order valence-electron chi connectivity index (χ3n) is 2.54. The number of rotatable bonds is 5. The molecule has 3 nitrogen and oxygen atoms in total. The Morgan fingerprint density at radius 1 is 1.33 bits per heavy atom. The highest BCUT2D eigenvalue weighted by molar-refractivity contribution is 5.37. The van der Waals surface area contributed by atoms with Gasteiger partial charge in [-0.3, -0.25) is 0 Å². The lowest BCUT2D eigenvalue weighted by molar-refractivity contribution is 0.181. The SMILES string of the molecule is CNC(C)c1ccc(OC)c(COC)c1. The van der Waals surface area contributed by atoms with Gasteiger partial charge in [0.25, 0.3) is 0 Å². The Kier molecular flexibility index (Phi) is 4.59. The van der Waals surface area contributed by atoms with Crippen molar-refractivity contribution in [2.45, 2.75) is 19.6 Å². The van der Waals surface area contributed by atoms with Gasteiger partial charge in [0.1, 0.15) is 5.75 Å². The van der Waals surface area contributed by atoms with Gasteiger partial charge in [-0.25, -0.2) is 0 Å². The van der Waals surface area contributed by atoms with E-state index in [4.69, 9.17) is 9.47 Å². The minimum Gasteiger partial charge on any atom is -0.496 e. The zero-order chi connectivity index (χ0) is 11.3. The van der Waals surface area contributed by atoms with E-state index in [1.807, 2.05) is 13.1 Å². The summed E-state index contributed by atoms with van der Waals surface area (Å²) in [7, 11) is 5.31. The monoisotopic (exact) mass is 209 g/mol. The van der Waals surface area contributed by atoms with Gasteiger partial charge in [0.2, 0.25) is 0 Å². The van der Waals surface area contributed by atoms with Crippen molar-refractivity contribution in [2.24, 2.45) is 0 Å². The number of benzene rings is 1. The van der Waals surface area contributed by atoms with Gasteiger partial charge in [0.15, 0.2) is 0 Å². The van der Waals surface area contributed by atoms with E-state index in [0.717, 1.165) is 11.3 Å². The Morgan fingerprint density at radius 2 is 2.07 bits per heavy atom. The van der Waals surface area contributed by atoms with Crippen molar-refractivity contribution in [3.05, 3.63) is 29.3 Å². The molecule has 0 aromatic heterocycles. The molecular formula is C12H19NO2. The second kappa shape index (κ2) is 5.73. The molecule has 1 atom stereocenters. The van der Waals surface area contributed by atoms with Crippen LogP contribution in [0.25, 0.3) is 0 Å². The molecule has 1 rings (SSSR count). The number of hydrogen-bond donors (Lipinski definition) is 1. The van der Waals surface area contributed by atoms with Crippen LogP contribution in [0.4, 0.5) is 0 Å². The van der Waals surface area contributed by atoms with Crippen LogP contribution >= 0.6 is 0 Å². The first-order valence-electron chi connectivity index (χ1n) is 5.06. The summed E-state index contributed by atoms with van der Waals surface area (Å²) >= 11 is 0. The quantitative estimate of drug-likeness (QED) is 0.805. The van der Waals surface area contributed by atoms with Crippen LogP contribution in [0, 0.1) is 0 Å². The fourth-order valence-corrected chi connectivity index (χ4v) is 1.50. The molecule has 1 unspecified atom stereocenters. The molecule has 1 aromatic carbocycles. The highest BCUT2D eigenvalue weighted by Crippen LogP contribution is 2.23. The van der Waals surface area contributed by atoms with Crippen LogP contribution in [0.5, 0.6) is 5.75 Å². The Balaban J connectivity index is 2.98. The number of ether oxygens (including phenoxy) is 2. The van der Waals surface area contributed by atoms with Crippen molar-refractivity contribution in [3.63, 3.8) is 0 Å². The maximum atomic E-state index is 5.27. The van der Waals surface area contributed by atoms with E-state index in [2.05, 4.69) is 24.4 Å². The summed E-state index contributed by atoms with van der Waals surface area (Å²) in [6, 6.07) is 6.51. The molecule has 0 bridgehead atoms. The van der Waals surface area contributed by atoms with E-state index in [0.29, 0.717) is 12.6 Å². The third kappa shape index (κ3) is 2.94.